The summed E-state index contributed by atoms with van der Waals surface area (Å²) in [6.45, 7) is 1.37. The van der Waals surface area contributed by atoms with Gasteiger partial charge in [0.2, 0.25) is 5.91 Å². The monoisotopic (exact) mass is 468 g/mol. The van der Waals surface area contributed by atoms with Gasteiger partial charge in [-0.25, -0.2) is 9.37 Å². The van der Waals surface area contributed by atoms with Crippen LogP contribution < -0.4 is 16.0 Å². The summed E-state index contributed by atoms with van der Waals surface area (Å²) in [4.78, 5) is 30.1. The minimum Gasteiger partial charge on any atom is -0.369 e. The van der Waals surface area contributed by atoms with Gasteiger partial charge in [0, 0.05) is 16.7 Å². The molecule has 8 heteroatoms. The number of hydrogen-bond donors (Lipinski definition) is 2. The number of benzene rings is 1. The van der Waals surface area contributed by atoms with Crippen LogP contribution in [0.1, 0.15) is 23.2 Å². The van der Waals surface area contributed by atoms with Crippen LogP contribution in [0, 0.1) is 15.3 Å². The van der Waals surface area contributed by atoms with Gasteiger partial charge in [0.25, 0.3) is 5.91 Å². The number of anilines is 2. The summed E-state index contributed by atoms with van der Waals surface area (Å²) >= 11 is 1.92. The number of carbonyl (C=O) groups excluding carboxylic acids is 2. The number of carbonyl (C=O) groups is 2. The minimum absolute atomic E-state index is 0.162. The molecule has 2 heterocycles. The van der Waals surface area contributed by atoms with Gasteiger partial charge < -0.3 is 16.0 Å². The van der Waals surface area contributed by atoms with Crippen molar-refractivity contribution >= 4 is 45.9 Å². The van der Waals surface area contributed by atoms with Crippen molar-refractivity contribution in [2.24, 2.45) is 11.7 Å². The molecule has 2 aromatic rings. The van der Waals surface area contributed by atoms with Crippen molar-refractivity contribution < 1.29 is 14.0 Å². The smallest absolute Gasteiger partial charge is 0.256 e. The van der Waals surface area contributed by atoms with Gasteiger partial charge in [0.15, 0.2) is 0 Å². The second kappa shape index (κ2) is 7.98. The summed E-state index contributed by atoms with van der Waals surface area (Å²) in [5.74, 6) is -0.410. The third kappa shape index (κ3) is 4.29. The first-order valence-corrected chi connectivity index (χ1v) is 9.28. The molecule has 3 N–H and O–H groups in total. The van der Waals surface area contributed by atoms with Crippen molar-refractivity contribution in [1.82, 2.24) is 4.98 Å². The largest absolute Gasteiger partial charge is 0.369 e. The minimum atomic E-state index is -0.382. The first kappa shape index (κ1) is 18.6. The molecule has 136 valence electrons. The number of hydrogen-bond acceptors (Lipinski definition) is 4. The summed E-state index contributed by atoms with van der Waals surface area (Å²) in [5, 5.41) is 2.75. The number of nitrogens with two attached hydrogens (primary N) is 1. The summed E-state index contributed by atoms with van der Waals surface area (Å²) in [6, 6.07) is 7.57. The second-order valence-electron chi connectivity index (χ2n) is 6.17. The Bertz CT molecular complexity index is 828. The third-order valence-corrected chi connectivity index (χ3v) is 5.22. The number of nitrogens with one attached hydrogen (secondary N) is 1. The Hall–Kier alpha value is -2.23. The fourth-order valence-electron chi connectivity index (χ4n) is 2.94. The maximum Gasteiger partial charge on any atom is 0.256 e. The van der Waals surface area contributed by atoms with Crippen LogP contribution in [-0.2, 0) is 4.79 Å². The van der Waals surface area contributed by atoms with Gasteiger partial charge in [-0.05, 0) is 65.8 Å². The summed E-state index contributed by atoms with van der Waals surface area (Å²) in [6.07, 6.45) is 3.25. The number of amides is 2. The highest BCUT2D eigenvalue weighted by atomic mass is 127. The first-order chi connectivity index (χ1) is 12.4. The molecule has 0 spiro atoms. The van der Waals surface area contributed by atoms with Crippen molar-refractivity contribution in [3.8, 4) is 0 Å². The molecular formula is C18H18FIN4O2. The van der Waals surface area contributed by atoms with Crippen LogP contribution in [0.2, 0.25) is 0 Å². The van der Waals surface area contributed by atoms with E-state index >= 15 is 0 Å². The maximum absolute atomic E-state index is 13.2. The summed E-state index contributed by atoms with van der Waals surface area (Å²) in [5.41, 5.74) is 6.35. The number of pyridine rings is 1. The Morgan fingerprint density at radius 1 is 1.31 bits per heavy atom. The van der Waals surface area contributed by atoms with E-state index in [0.29, 0.717) is 21.4 Å². The Balaban J connectivity index is 1.67. The summed E-state index contributed by atoms with van der Waals surface area (Å²) in [7, 11) is 0. The highest BCUT2D eigenvalue weighted by molar-refractivity contribution is 14.1. The molecule has 1 saturated heterocycles. The van der Waals surface area contributed by atoms with E-state index in [1.165, 1.54) is 18.2 Å². The van der Waals surface area contributed by atoms with Gasteiger partial charge >= 0.3 is 0 Å². The topological polar surface area (TPSA) is 88.3 Å². The molecule has 0 radical (unpaired) electrons. The lowest BCUT2D eigenvalue weighted by molar-refractivity contribution is -0.122. The molecule has 1 fully saturated rings. The molecule has 6 nitrogen and oxygen atoms in total. The van der Waals surface area contributed by atoms with Crippen molar-refractivity contribution in [3.05, 3.63) is 51.5 Å². The lowest BCUT2D eigenvalue weighted by Crippen LogP contribution is -2.41. The molecule has 1 unspecified atom stereocenters. The van der Waals surface area contributed by atoms with Crippen molar-refractivity contribution in [1.29, 1.82) is 0 Å². The normalized spacial score (nSPS) is 17.0. The van der Waals surface area contributed by atoms with Crippen LogP contribution >= 0.6 is 22.6 Å². The molecular weight excluding hydrogens is 450 g/mol. The van der Waals surface area contributed by atoms with Gasteiger partial charge in [-0.15, -0.1) is 0 Å². The molecule has 26 heavy (non-hydrogen) atoms. The molecule has 1 aromatic carbocycles. The molecule has 1 aliphatic rings. The van der Waals surface area contributed by atoms with Gasteiger partial charge in [0.05, 0.1) is 23.4 Å². The predicted molar refractivity (Wildman–Crippen MR) is 105 cm³/mol. The van der Waals surface area contributed by atoms with E-state index in [-0.39, 0.29) is 23.5 Å². The average molecular weight is 468 g/mol. The van der Waals surface area contributed by atoms with E-state index in [1.807, 2.05) is 27.5 Å². The quantitative estimate of drug-likeness (QED) is 0.676. The van der Waals surface area contributed by atoms with Gasteiger partial charge in [-0.3, -0.25) is 9.59 Å². The molecule has 1 aliphatic heterocycles. The fraction of sp³-hybridized carbons (Fsp3) is 0.278. The average Bonchev–Trinajstić information content (AvgIpc) is 2.62. The van der Waals surface area contributed by atoms with E-state index < -0.39 is 0 Å². The second-order valence-corrected chi connectivity index (χ2v) is 7.33. The fourth-order valence-corrected chi connectivity index (χ4v) is 3.66. The van der Waals surface area contributed by atoms with E-state index in [0.717, 1.165) is 25.2 Å². The Labute approximate surface area is 164 Å². The molecule has 1 atom stereocenters. The zero-order valence-corrected chi connectivity index (χ0v) is 16.1. The Morgan fingerprint density at radius 3 is 2.77 bits per heavy atom. The van der Waals surface area contributed by atoms with Crippen molar-refractivity contribution in [2.75, 3.05) is 23.3 Å². The predicted octanol–water partition coefficient (Wildman–Crippen LogP) is 2.78. The van der Waals surface area contributed by atoms with E-state index in [1.54, 1.807) is 18.3 Å². The van der Waals surface area contributed by atoms with E-state index in [2.05, 4.69) is 10.3 Å². The SMILES string of the molecule is NC(=O)C1CCCN(c2ccc(NC(=O)c3ccc(F)cc3I)cn2)C1. The van der Waals surface area contributed by atoms with Crippen LogP contribution in [0.4, 0.5) is 15.9 Å². The lowest BCUT2D eigenvalue weighted by Gasteiger charge is -2.32. The zero-order chi connectivity index (χ0) is 18.7. The number of halogens is 2. The van der Waals surface area contributed by atoms with E-state index in [4.69, 9.17) is 5.73 Å². The van der Waals surface area contributed by atoms with Gasteiger partial charge in [0.1, 0.15) is 11.6 Å². The molecule has 0 aliphatic carbocycles. The van der Waals surface area contributed by atoms with Crippen LogP contribution in [0.15, 0.2) is 36.5 Å². The molecule has 3 rings (SSSR count). The Morgan fingerprint density at radius 2 is 2.12 bits per heavy atom. The van der Waals surface area contributed by atoms with Crippen LogP contribution in [0.3, 0.4) is 0 Å². The number of rotatable bonds is 4. The van der Waals surface area contributed by atoms with E-state index in [9.17, 15) is 14.0 Å². The summed E-state index contributed by atoms with van der Waals surface area (Å²) < 4.78 is 13.7. The first-order valence-electron chi connectivity index (χ1n) is 8.21. The van der Waals surface area contributed by atoms with Crippen LogP contribution in [0.25, 0.3) is 0 Å². The van der Waals surface area contributed by atoms with Crippen molar-refractivity contribution in [3.63, 3.8) is 0 Å². The molecule has 1 aromatic heterocycles. The highest BCUT2D eigenvalue weighted by Gasteiger charge is 2.24. The highest BCUT2D eigenvalue weighted by Crippen LogP contribution is 2.23. The Kier molecular flexibility index (Phi) is 5.70. The maximum atomic E-state index is 13.2. The lowest BCUT2D eigenvalue weighted by atomic mass is 9.97. The number of primary amides is 1. The van der Waals surface area contributed by atoms with Gasteiger partial charge in [-0.1, -0.05) is 0 Å². The molecule has 2 amide bonds. The zero-order valence-electron chi connectivity index (χ0n) is 13.9. The number of nitrogens with zero attached hydrogens (tertiary/aromatic N) is 2. The third-order valence-electron chi connectivity index (χ3n) is 4.33. The van der Waals surface area contributed by atoms with Crippen LogP contribution in [0.5, 0.6) is 0 Å². The standard InChI is InChI=1S/C18H18FIN4O2/c19-12-3-5-14(15(20)8-12)18(26)23-13-4-6-16(22-9-13)24-7-1-2-11(10-24)17(21)25/h3-6,8-9,11H,1-2,7,10H2,(H2,21,25)(H,23,26). The number of piperidine rings is 1. The van der Waals surface area contributed by atoms with Crippen molar-refractivity contribution in [2.45, 2.75) is 12.8 Å². The molecule has 0 saturated carbocycles. The molecule has 0 bridgehead atoms. The van der Waals surface area contributed by atoms with Crippen LogP contribution in [-0.4, -0.2) is 29.9 Å². The van der Waals surface area contributed by atoms with Gasteiger partial charge in [-0.2, -0.15) is 0 Å². The number of aromatic nitrogens is 1.